The second-order valence-corrected chi connectivity index (χ2v) is 13.1. The summed E-state index contributed by atoms with van der Waals surface area (Å²) in [7, 11) is 0. The minimum Gasteiger partial charge on any atom is -0.508 e. The van der Waals surface area contributed by atoms with Crippen LogP contribution in [-0.2, 0) is 35.2 Å². The molecule has 0 saturated carbocycles. The van der Waals surface area contributed by atoms with E-state index in [0.29, 0.717) is 18.5 Å². The Morgan fingerprint density at radius 3 is 1.88 bits per heavy atom. The minimum atomic E-state index is -1.66. The van der Waals surface area contributed by atoms with Gasteiger partial charge in [-0.05, 0) is 48.3 Å². The molecule has 0 unspecified atom stereocenters. The molecule has 17 nitrogen and oxygen atoms in total. The first-order chi connectivity index (χ1) is 22.2. The zero-order valence-electron chi connectivity index (χ0n) is 28.0. The number of nitrogens with one attached hydrogen (secondary N) is 6. The van der Waals surface area contributed by atoms with Crippen molar-refractivity contribution >= 4 is 41.5 Å². The van der Waals surface area contributed by atoms with E-state index in [1.807, 2.05) is 20.8 Å². The third kappa shape index (κ3) is 15.6. The van der Waals surface area contributed by atoms with Gasteiger partial charge in [-0.3, -0.25) is 29.4 Å². The van der Waals surface area contributed by atoms with Gasteiger partial charge >= 0.3 is 11.9 Å². The van der Waals surface area contributed by atoms with Gasteiger partial charge in [0.15, 0.2) is 5.96 Å². The second-order valence-electron chi connectivity index (χ2n) is 13.1. The number of guanidine groups is 1. The van der Waals surface area contributed by atoms with Crippen LogP contribution in [0.1, 0.15) is 65.9 Å². The summed E-state index contributed by atoms with van der Waals surface area (Å²) in [5.41, 5.74) is 11.2. The molecule has 17 heteroatoms. The van der Waals surface area contributed by atoms with E-state index < -0.39 is 83.5 Å². The summed E-state index contributed by atoms with van der Waals surface area (Å²) in [5, 5.41) is 48.3. The van der Waals surface area contributed by atoms with Gasteiger partial charge in [-0.2, -0.15) is 0 Å². The number of carbonyl (C=O) groups is 6. The Balaban J connectivity index is 3.10. The number of aromatic hydroxyl groups is 1. The van der Waals surface area contributed by atoms with E-state index in [-0.39, 0.29) is 31.0 Å². The van der Waals surface area contributed by atoms with Crippen LogP contribution in [0.4, 0.5) is 0 Å². The lowest BCUT2D eigenvalue weighted by Crippen LogP contribution is -2.60. The zero-order valence-corrected chi connectivity index (χ0v) is 28.0. The van der Waals surface area contributed by atoms with Crippen LogP contribution in [0.5, 0.6) is 5.75 Å². The number of phenolic OH excluding ortho intramolecular Hbond substituents is 1. The van der Waals surface area contributed by atoms with Gasteiger partial charge in [-0.15, -0.1) is 0 Å². The van der Waals surface area contributed by atoms with Crippen molar-refractivity contribution < 1.29 is 44.1 Å². The van der Waals surface area contributed by atoms with Gasteiger partial charge in [0.1, 0.15) is 29.9 Å². The van der Waals surface area contributed by atoms with Crippen LogP contribution in [0.2, 0.25) is 0 Å². The number of amides is 4. The van der Waals surface area contributed by atoms with Gasteiger partial charge in [0.25, 0.3) is 0 Å². The second kappa shape index (κ2) is 19.0. The number of carbonyl (C=O) groups excluding carboxylic acids is 4. The molecule has 0 bridgehead atoms. The largest absolute Gasteiger partial charge is 0.508 e. The molecular weight excluding hydrogens is 628 g/mol. The Kier molecular flexibility index (Phi) is 16.3. The smallest absolute Gasteiger partial charge is 0.326 e. The van der Waals surface area contributed by atoms with Crippen LogP contribution in [0.15, 0.2) is 24.3 Å². The van der Waals surface area contributed by atoms with Crippen LogP contribution in [0.25, 0.3) is 0 Å². The molecule has 0 aromatic heterocycles. The first-order valence-corrected chi connectivity index (χ1v) is 15.5. The molecule has 0 heterocycles. The molecule has 13 N–H and O–H groups in total. The van der Waals surface area contributed by atoms with Crippen molar-refractivity contribution in [3.05, 3.63) is 29.8 Å². The topological polar surface area (TPSA) is 299 Å². The van der Waals surface area contributed by atoms with Crippen molar-refractivity contribution in [2.24, 2.45) is 22.8 Å². The maximum absolute atomic E-state index is 13.4. The predicted molar refractivity (Wildman–Crippen MR) is 175 cm³/mol. The fraction of sp³-hybridized carbons (Fsp3) is 0.581. The molecule has 4 amide bonds. The van der Waals surface area contributed by atoms with E-state index in [1.165, 1.54) is 24.3 Å². The molecule has 48 heavy (non-hydrogen) atoms. The Morgan fingerprint density at radius 2 is 1.38 bits per heavy atom. The lowest BCUT2D eigenvalue weighted by atomic mass is 9.87. The van der Waals surface area contributed by atoms with Crippen LogP contribution in [-0.4, -0.2) is 93.6 Å². The minimum absolute atomic E-state index is 0.0221. The number of carboxylic acids is 2. The molecule has 0 spiro atoms. The summed E-state index contributed by atoms with van der Waals surface area (Å²) in [6, 6.07) is -0.864. The lowest BCUT2D eigenvalue weighted by molar-refractivity contribution is -0.143. The predicted octanol–water partition coefficient (Wildman–Crippen LogP) is -0.884. The number of hydrogen-bond donors (Lipinski definition) is 11. The number of phenols is 1. The number of carboxylic acid groups (broad SMARTS) is 2. The van der Waals surface area contributed by atoms with E-state index in [1.54, 1.807) is 13.8 Å². The highest BCUT2D eigenvalue weighted by molar-refractivity contribution is 5.97. The van der Waals surface area contributed by atoms with Crippen LogP contribution >= 0.6 is 0 Å². The Bertz CT molecular complexity index is 1300. The maximum atomic E-state index is 13.4. The monoisotopic (exact) mass is 678 g/mol. The first-order valence-electron chi connectivity index (χ1n) is 15.5. The summed E-state index contributed by atoms with van der Waals surface area (Å²) in [5.74, 6) is -6.99. The molecule has 0 saturated heterocycles. The highest BCUT2D eigenvalue weighted by Crippen LogP contribution is 2.21. The molecule has 0 fully saturated rings. The normalized spacial score (nSPS) is 14.4. The summed E-state index contributed by atoms with van der Waals surface area (Å²) in [4.78, 5) is 76.5. The van der Waals surface area contributed by atoms with Crippen LogP contribution in [0.3, 0.4) is 0 Å². The molecular formula is C31H50N8O9. The quantitative estimate of drug-likeness (QED) is 0.0483. The molecule has 1 rings (SSSR count). The van der Waals surface area contributed by atoms with Crippen molar-refractivity contribution in [2.75, 3.05) is 6.54 Å². The number of benzene rings is 1. The van der Waals surface area contributed by atoms with E-state index in [9.17, 15) is 44.1 Å². The van der Waals surface area contributed by atoms with Crippen molar-refractivity contribution in [1.82, 2.24) is 26.6 Å². The van der Waals surface area contributed by atoms with Gasteiger partial charge in [0, 0.05) is 13.0 Å². The summed E-state index contributed by atoms with van der Waals surface area (Å²) in [6.07, 6.45) is -0.283. The highest BCUT2D eigenvalue weighted by Gasteiger charge is 2.35. The molecule has 0 radical (unpaired) electrons. The van der Waals surface area contributed by atoms with E-state index in [2.05, 4.69) is 26.6 Å². The molecule has 1 aromatic rings. The molecule has 0 aliphatic carbocycles. The van der Waals surface area contributed by atoms with Crippen molar-refractivity contribution in [2.45, 2.75) is 96.9 Å². The van der Waals surface area contributed by atoms with E-state index >= 15 is 0 Å². The van der Waals surface area contributed by atoms with Gasteiger partial charge in [-0.1, -0.05) is 46.8 Å². The zero-order chi connectivity index (χ0) is 36.8. The average molecular weight is 679 g/mol. The van der Waals surface area contributed by atoms with Crippen LogP contribution < -0.4 is 38.1 Å². The highest BCUT2D eigenvalue weighted by atomic mass is 16.4. The standard InChI is InChI=1S/C31H50N8O9/c1-16(2)24(28(46)37-21(29(47)48)13-17-8-10-18(40)11-9-17)39-26(44)20(14-23(41)42)36-27(45)22(15-31(3,4)5)38-25(43)19(32)7-6-12-35-30(33)34/h8-11,16,19-22,24,40H,6-7,12-15,32H2,1-5H3,(H,36,45)(H,37,46)(H,38,43)(H,39,44)(H,41,42)(H,47,48)(H4,33,34,35)/t19-,20-,21-,22-,24-/m0/s1. The summed E-state index contributed by atoms with van der Waals surface area (Å²) in [6.45, 7) is 8.90. The third-order valence-electron chi connectivity index (χ3n) is 7.04. The molecule has 5 atom stereocenters. The van der Waals surface area contributed by atoms with Crippen LogP contribution in [0, 0.1) is 16.7 Å². The van der Waals surface area contributed by atoms with Gasteiger partial charge in [0.05, 0.1) is 12.5 Å². The Labute approximate surface area is 279 Å². The van der Waals surface area contributed by atoms with Crippen molar-refractivity contribution in [1.29, 1.82) is 5.41 Å². The van der Waals surface area contributed by atoms with E-state index in [0.717, 1.165) is 0 Å². The maximum Gasteiger partial charge on any atom is 0.326 e. The molecule has 268 valence electrons. The third-order valence-corrected chi connectivity index (χ3v) is 7.04. The SMILES string of the molecule is CC(C)[C@H](NC(=O)[C@H](CC(=O)O)NC(=O)[C@H](CC(C)(C)C)NC(=O)[C@@H](N)CCCNC(=N)N)C(=O)N[C@@H](Cc1ccc(O)cc1)C(=O)O. The molecule has 0 aliphatic rings. The van der Waals surface area contributed by atoms with Gasteiger partial charge in [0.2, 0.25) is 23.6 Å². The molecule has 1 aromatic carbocycles. The number of nitrogens with two attached hydrogens (primary N) is 2. The number of hydrogen-bond acceptors (Lipinski definition) is 9. The lowest BCUT2D eigenvalue weighted by Gasteiger charge is -2.29. The fourth-order valence-corrected chi connectivity index (χ4v) is 4.55. The first kappa shape index (κ1) is 41.1. The average Bonchev–Trinajstić information content (AvgIpc) is 2.96. The number of rotatable bonds is 19. The number of aliphatic carboxylic acids is 2. The molecule has 0 aliphatic heterocycles. The summed E-state index contributed by atoms with van der Waals surface area (Å²) >= 11 is 0. The summed E-state index contributed by atoms with van der Waals surface area (Å²) < 4.78 is 0. The van der Waals surface area contributed by atoms with Gasteiger partial charge < -0.3 is 53.4 Å². The Hall–Kier alpha value is -4.93. The van der Waals surface area contributed by atoms with E-state index in [4.69, 9.17) is 16.9 Å². The van der Waals surface area contributed by atoms with Gasteiger partial charge in [-0.25, -0.2) is 4.79 Å². The Morgan fingerprint density at radius 1 is 0.833 bits per heavy atom. The van der Waals surface area contributed by atoms with Crippen molar-refractivity contribution in [3.8, 4) is 5.75 Å². The fourth-order valence-electron chi connectivity index (χ4n) is 4.55. The van der Waals surface area contributed by atoms with Crippen molar-refractivity contribution in [3.63, 3.8) is 0 Å².